The Balaban J connectivity index is 1.66. The molecule has 0 spiro atoms. The normalized spacial score (nSPS) is 17.8. The Bertz CT molecular complexity index is 670. The van der Waals surface area contributed by atoms with Crippen molar-refractivity contribution in [3.8, 4) is 0 Å². The molecule has 5 heteroatoms. The van der Waals surface area contributed by atoms with Gasteiger partial charge in [-0.3, -0.25) is 4.90 Å². The van der Waals surface area contributed by atoms with E-state index in [0.717, 1.165) is 36.4 Å². The minimum Gasteiger partial charge on any atom is -0.480 e. The molecule has 0 bridgehead atoms. The van der Waals surface area contributed by atoms with Crippen LogP contribution in [0, 0.1) is 6.92 Å². The fourth-order valence-corrected chi connectivity index (χ4v) is 2.98. The summed E-state index contributed by atoms with van der Waals surface area (Å²) >= 11 is 0. The number of ether oxygens (including phenoxy) is 1. The van der Waals surface area contributed by atoms with Gasteiger partial charge in [0.05, 0.1) is 5.60 Å². The molecule has 3 rings (SSSR count). The molecular weight excluding hydrogens is 270 g/mol. The van der Waals surface area contributed by atoms with Gasteiger partial charge < -0.3 is 14.3 Å². The van der Waals surface area contributed by atoms with E-state index < -0.39 is 5.97 Å². The molecule has 5 nitrogen and oxygen atoms in total. The number of hydrogen-bond acceptors (Lipinski definition) is 4. The quantitative estimate of drug-likeness (QED) is 0.916. The highest BCUT2D eigenvalue weighted by Gasteiger charge is 2.40. The van der Waals surface area contributed by atoms with E-state index >= 15 is 0 Å². The molecule has 1 aromatic heterocycles. The smallest absolute Gasteiger partial charge is 0.329 e. The molecule has 1 aliphatic rings. The van der Waals surface area contributed by atoms with Crippen molar-refractivity contribution in [1.29, 1.82) is 0 Å². The molecule has 0 radical (unpaired) electrons. The van der Waals surface area contributed by atoms with Crippen molar-refractivity contribution in [1.82, 2.24) is 4.90 Å². The van der Waals surface area contributed by atoms with Gasteiger partial charge in [0.25, 0.3) is 0 Å². The molecule has 0 amide bonds. The Kier molecular flexibility index (Phi) is 3.47. The van der Waals surface area contributed by atoms with Crippen LogP contribution in [0.25, 0.3) is 11.0 Å². The second-order valence-corrected chi connectivity index (χ2v) is 5.91. The molecule has 1 aromatic carbocycles. The van der Waals surface area contributed by atoms with Crippen molar-refractivity contribution in [2.75, 3.05) is 19.7 Å². The average Bonchev–Trinajstić information content (AvgIpc) is 2.71. The van der Waals surface area contributed by atoms with Gasteiger partial charge in [0.15, 0.2) is 0 Å². The number of furan rings is 1. The molecule has 1 aliphatic heterocycles. The SMILES string of the molecule is Cc1oc2ccccc2c1CN1CC(C)(OCC(=O)O)C1. The fourth-order valence-electron chi connectivity index (χ4n) is 2.98. The van der Waals surface area contributed by atoms with Gasteiger partial charge in [0, 0.05) is 30.6 Å². The first-order valence-corrected chi connectivity index (χ1v) is 7.02. The number of hydrogen-bond donors (Lipinski definition) is 1. The van der Waals surface area contributed by atoms with Crippen LogP contribution in [-0.4, -0.2) is 41.3 Å². The Hall–Kier alpha value is -1.85. The molecule has 1 fully saturated rings. The molecule has 0 saturated carbocycles. The van der Waals surface area contributed by atoms with E-state index in [0.29, 0.717) is 0 Å². The maximum Gasteiger partial charge on any atom is 0.329 e. The zero-order chi connectivity index (χ0) is 15.0. The van der Waals surface area contributed by atoms with Gasteiger partial charge in [-0.05, 0) is 19.9 Å². The standard InChI is InChI=1S/C16H19NO4/c1-11-13(12-5-3-4-6-14(12)21-11)7-17-9-16(2,10-17)20-8-15(18)19/h3-6H,7-10H2,1-2H3,(H,18,19). The van der Waals surface area contributed by atoms with E-state index in [1.807, 2.05) is 32.0 Å². The van der Waals surface area contributed by atoms with Gasteiger partial charge in [-0.25, -0.2) is 4.79 Å². The zero-order valence-corrected chi connectivity index (χ0v) is 12.3. The molecule has 0 unspecified atom stereocenters. The lowest BCUT2D eigenvalue weighted by Crippen LogP contribution is -2.61. The van der Waals surface area contributed by atoms with Crippen molar-refractivity contribution in [3.05, 3.63) is 35.6 Å². The van der Waals surface area contributed by atoms with E-state index in [-0.39, 0.29) is 12.2 Å². The van der Waals surface area contributed by atoms with E-state index in [1.165, 1.54) is 5.56 Å². The number of carboxylic acid groups (broad SMARTS) is 1. The number of rotatable bonds is 5. The Morgan fingerprint density at radius 3 is 2.86 bits per heavy atom. The molecule has 2 heterocycles. The second kappa shape index (κ2) is 5.16. The minimum absolute atomic E-state index is 0.238. The van der Waals surface area contributed by atoms with Gasteiger partial charge in [-0.2, -0.15) is 0 Å². The number of para-hydroxylation sites is 1. The number of fused-ring (bicyclic) bond motifs is 1. The summed E-state index contributed by atoms with van der Waals surface area (Å²) in [6, 6.07) is 8.02. The molecule has 1 N–H and O–H groups in total. The van der Waals surface area contributed by atoms with Crippen LogP contribution < -0.4 is 0 Å². The lowest BCUT2D eigenvalue weighted by molar-refractivity contribution is -0.165. The predicted octanol–water partition coefficient (Wildman–Crippen LogP) is 2.42. The third-order valence-corrected chi connectivity index (χ3v) is 3.94. The molecule has 112 valence electrons. The van der Waals surface area contributed by atoms with Gasteiger partial charge in [-0.15, -0.1) is 0 Å². The predicted molar refractivity (Wildman–Crippen MR) is 78.2 cm³/mol. The van der Waals surface area contributed by atoms with Gasteiger partial charge in [0.1, 0.15) is 18.0 Å². The summed E-state index contributed by atoms with van der Waals surface area (Å²) in [5.74, 6) is 0.0163. The van der Waals surface area contributed by atoms with Crippen LogP contribution in [0.2, 0.25) is 0 Å². The van der Waals surface area contributed by atoms with Crippen LogP contribution in [-0.2, 0) is 16.1 Å². The summed E-state index contributed by atoms with van der Waals surface area (Å²) < 4.78 is 11.2. The number of benzene rings is 1. The van der Waals surface area contributed by atoms with Gasteiger partial charge in [-0.1, -0.05) is 18.2 Å². The number of nitrogens with zero attached hydrogens (tertiary/aromatic N) is 1. The van der Waals surface area contributed by atoms with Crippen LogP contribution in [0.3, 0.4) is 0 Å². The summed E-state index contributed by atoms with van der Waals surface area (Å²) in [7, 11) is 0. The number of likely N-dealkylation sites (tertiary alicyclic amines) is 1. The van der Waals surface area contributed by atoms with E-state index in [9.17, 15) is 4.79 Å². The summed E-state index contributed by atoms with van der Waals surface area (Å²) in [5.41, 5.74) is 1.76. The average molecular weight is 289 g/mol. The number of carbonyl (C=O) groups is 1. The highest BCUT2D eigenvalue weighted by Crippen LogP contribution is 2.31. The summed E-state index contributed by atoms with van der Waals surface area (Å²) in [4.78, 5) is 12.8. The molecule has 0 atom stereocenters. The van der Waals surface area contributed by atoms with Crippen LogP contribution in [0.5, 0.6) is 0 Å². The molecule has 1 saturated heterocycles. The Morgan fingerprint density at radius 1 is 1.43 bits per heavy atom. The maximum absolute atomic E-state index is 10.6. The van der Waals surface area contributed by atoms with Crippen LogP contribution in [0.4, 0.5) is 0 Å². The molecular formula is C16H19NO4. The molecule has 0 aliphatic carbocycles. The van der Waals surface area contributed by atoms with Crippen molar-refractivity contribution < 1.29 is 19.1 Å². The van der Waals surface area contributed by atoms with E-state index in [4.69, 9.17) is 14.3 Å². The first-order chi connectivity index (χ1) is 9.97. The highest BCUT2D eigenvalue weighted by molar-refractivity contribution is 5.82. The lowest BCUT2D eigenvalue weighted by atomic mass is 9.95. The van der Waals surface area contributed by atoms with Gasteiger partial charge in [0.2, 0.25) is 0 Å². The summed E-state index contributed by atoms with van der Waals surface area (Å²) in [5, 5.41) is 9.82. The Morgan fingerprint density at radius 2 is 2.14 bits per heavy atom. The fraction of sp³-hybridized carbons (Fsp3) is 0.438. The largest absolute Gasteiger partial charge is 0.480 e. The van der Waals surface area contributed by atoms with E-state index in [2.05, 4.69) is 11.0 Å². The van der Waals surface area contributed by atoms with Gasteiger partial charge >= 0.3 is 5.97 Å². The lowest BCUT2D eigenvalue weighted by Gasteiger charge is -2.47. The molecule has 21 heavy (non-hydrogen) atoms. The van der Waals surface area contributed by atoms with Crippen LogP contribution >= 0.6 is 0 Å². The Labute approximate surface area is 123 Å². The third kappa shape index (κ3) is 2.80. The van der Waals surface area contributed by atoms with E-state index in [1.54, 1.807) is 0 Å². The number of aryl methyl sites for hydroxylation is 1. The van der Waals surface area contributed by atoms with Crippen molar-refractivity contribution in [2.24, 2.45) is 0 Å². The van der Waals surface area contributed by atoms with Crippen LogP contribution in [0.1, 0.15) is 18.2 Å². The van der Waals surface area contributed by atoms with Crippen molar-refractivity contribution >= 4 is 16.9 Å². The summed E-state index contributed by atoms with van der Waals surface area (Å²) in [6.07, 6.45) is 0. The number of carboxylic acids is 1. The third-order valence-electron chi connectivity index (χ3n) is 3.94. The highest BCUT2D eigenvalue weighted by atomic mass is 16.5. The van der Waals surface area contributed by atoms with Crippen molar-refractivity contribution in [3.63, 3.8) is 0 Å². The van der Waals surface area contributed by atoms with Crippen LogP contribution in [0.15, 0.2) is 28.7 Å². The first-order valence-electron chi connectivity index (χ1n) is 7.02. The summed E-state index contributed by atoms with van der Waals surface area (Å²) in [6.45, 7) is 5.97. The minimum atomic E-state index is -0.925. The first kappa shape index (κ1) is 14.1. The zero-order valence-electron chi connectivity index (χ0n) is 12.3. The monoisotopic (exact) mass is 289 g/mol. The topological polar surface area (TPSA) is 62.9 Å². The number of aliphatic carboxylic acids is 1. The van der Waals surface area contributed by atoms with Crippen molar-refractivity contribution in [2.45, 2.75) is 26.0 Å². The molecule has 2 aromatic rings. The second-order valence-electron chi connectivity index (χ2n) is 5.91. The maximum atomic E-state index is 10.6.